The van der Waals surface area contributed by atoms with Gasteiger partial charge in [-0.05, 0) is 17.8 Å². The highest BCUT2D eigenvalue weighted by atomic mass is 31.0. The molecule has 0 aliphatic rings. The minimum Gasteiger partial charge on any atom is -0.508 e. The molecule has 0 saturated carbocycles. The summed E-state index contributed by atoms with van der Waals surface area (Å²) in [6, 6.07) is 5.53. The van der Waals surface area contributed by atoms with Gasteiger partial charge < -0.3 is 5.11 Å². The van der Waals surface area contributed by atoms with E-state index in [4.69, 9.17) is 0 Å². The molecule has 1 aromatic rings. The molecule has 2 heteroatoms. The lowest BCUT2D eigenvalue weighted by Gasteiger charge is -2.03. The zero-order valence-corrected chi connectivity index (χ0v) is 7.12. The molecule has 0 amide bonds. The van der Waals surface area contributed by atoms with Crippen LogP contribution in [0.4, 0.5) is 0 Å². The molecule has 1 aromatic carbocycles. The lowest BCUT2D eigenvalue weighted by atomic mass is 10.1. The first-order valence-electron chi connectivity index (χ1n) is 3.32. The van der Waals surface area contributed by atoms with Gasteiger partial charge in [0.1, 0.15) is 5.75 Å². The minimum absolute atomic E-state index is 0.398. The summed E-state index contributed by atoms with van der Waals surface area (Å²) in [5, 5.41) is 10.4. The summed E-state index contributed by atoms with van der Waals surface area (Å²) in [6.07, 6.45) is 0.880. The van der Waals surface area contributed by atoms with Gasteiger partial charge in [0.15, 0.2) is 0 Å². The van der Waals surface area contributed by atoms with Gasteiger partial charge in [-0.3, -0.25) is 0 Å². The standard InChI is InChI=1S/C8H11OP/c1-2-6-7(9)4-3-5-8(6)10/h3-5,9H,2,10H2,1H3. The predicted molar refractivity (Wildman–Crippen MR) is 46.8 cm³/mol. The quantitative estimate of drug-likeness (QED) is 0.607. The molecule has 1 rings (SSSR count). The second-order valence-corrected chi connectivity index (χ2v) is 2.82. The highest BCUT2D eigenvalue weighted by Gasteiger charge is 1.99. The third-order valence-corrected chi connectivity index (χ3v) is 2.08. The van der Waals surface area contributed by atoms with E-state index in [1.54, 1.807) is 6.07 Å². The zero-order chi connectivity index (χ0) is 7.56. The van der Waals surface area contributed by atoms with Crippen LogP contribution in [-0.2, 0) is 6.42 Å². The van der Waals surface area contributed by atoms with Crippen molar-refractivity contribution in [3.05, 3.63) is 23.8 Å². The van der Waals surface area contributed by atoms with Crippen molar-refractivity contribution < 1.29 is 5.11 Å². The molecule has 1 nitrogen and oxygen atoms in total. The van der Waals surface area contributed by atoms with E-state index in [1.165, 1.54) is 0 Å². The van der Waals surface area contributed by atoms with E-state index in [0.717, 1.165) is 17.3 Å². The molecule has 1 unspecified atom stereocenters. The van der Waals surface area contributed by atoms with Crippen LogP contribution in [-0.4, -0.2) is 5.11 Å². The van der Waals surface area contributed by atoms with Gasteiger partial charge in [-0.25, -0.2) is 0 Å². The van der Waals surface area contributed by atoms with Gasteiger partial charge in [0.05, 0.1) is 0 Å². The second kappa shape index (κ2) is 3.03. The maximum absolute atomic E-state index is 9.28. The Hall–Kier alpha value is -0.550. The number of rotatable bonds is 1. The molecule has 10 heavy (non-hydrogen) atoms. The maximum atomic E-state index is 9.28. The maximum Gasteiger partial charge on any atom is 0.119 e. The van der Waals surface area contributed by atoms with Crippen molar-refractivity contribution >= 4 is 14.5 Å². The Morgan fingerprint density at radius 2 is 2.20 bits per heavy atom. The van der Waals surface area contributed by atoms with Crippen LogP contribution in [0.15, 0.2) is 18.2 Å². The number of phenolic OH excluding ortho intramolecular Hbond substituents is 1. The highest BCUT2D eigenvalue weighted by Crippen LogP contribution is 2.15. The third kappa shape index (κ3) is 1.30. The van der Waals surface area contributed by atoms with Gasteiger partial charge in [-0.2, -0.15) is 0 Å². The smallest absolute Gasteiger partial charge is 0.119 e. The van der Waals surface area contributed by atoms with Crippen LogP contribution in [0.3, 0.4) is 0 Å². The average Bonchev–Trinajstić information content (AvgIpc) is 1.88. The molecule has 0 aliphatic heterocycles. The number of hydrogen-bond acceptors (Lipinski definition) is 1. The summed E-state index contributed by atoms with van der Waals surface area (Å²) in [5.74, 6) is 0.398. The normalized spacial score (nSPS) is 9.80. The van der Waals surface area contributed by atoms with Gasteiger partial charge in [0.25, 0.3) is 0 Å². The van der Waals surface area contributed by atoms with Crippen LogP contribution in [0.25, 0.3) is 0 Å². The van der Waals surface area contributed by atoms with Crippen LogP contribution < -0.4 is 5.30 Å². The fourth-order valence-corrected chi connectivity index (χ4v) is 1.44. The van der Waals surface area contributed by atoms with Crippen molar-refractivity contribution in [2.45, 2.75) is 13.3 Å². The van der Waals surface area contributed by atoms with E-state index < -0.39 is 0 Å². The van der Waals surface area contributed by atoms with Gasteiger partial charge in [0.2, 0.25) is 0 Å². The summed E-state index contributed by atoms with van der Waals surface area (Å²) in [6.45, 7) is 2.03. The zero-order valence-electron chi connectivity index (χ0n) is 5.96. The van der Waals surface area contributed by atoms with Gasteiger partial charge in [-0.1, -0.05) is 19.1 Å². The Kier molecular flexibility index (Phi) is 2.29. The fourth-order valence-electron chi connectivity index (χ4n) is 0.977. The monoisotopic (exact) mass is 154 g/mol. The summed E-state index contributed by atoms with van der Waals surface area (Å²) < 4.78 is 0. The van der Waals surface area contributed by atoms with E-state index in [2.05, 4.69) is 9.24 Å². The summed E-state index contributed by atoms with van der Waals surface area (Å²) in [7, 11) is 2.61. The Labute approximate surface area is 63.3 Å². The number of hydrogen-bond donors (Lipinski definition) is 1. The topological polar surface area (TPSA) is 20.2 Å². The first-order valence-corrected chi connectivity index (χ1v) is 3.89. The molecule has 54 valence electrons. The molecule has 1 N–H and O–H groups in total. The number of phenols is 1. The molecule has 0 heterocycles. The van der Waals surface area contributed by atoms with Crippen molar-refractivity contribution in [2.75, 3.05) is 0 Å². The third-order valence-electron chi connectivity index (χ3n) is 1.54. The molecule has 0 radical (unpaired) electrons. The summed E-state index contributed by atoms with van der Waals surface area (Å²) >= 11 is 0. The van der Waals surface area contributed by atoms with E-state index in [-0.39, 0.29) is 0 Å². The average molecular weight is 154 g/mol. The second-order valence-electron chi connectivity index (χ2n) is 2.20. The molecule has 0 bridgehead atoms. The van der Waals surface area contributed by atoms with Gasteiger partial charge in [-0.15, -0.1) is 9.24 Å². The first-order chi connectivity index (χ1) is 4.75. The van der Waals surface area contributed by atoms with Gasteiger partial charge >= 0.3 is 0 Å². The van der Waals surface area contributed by atoms with Crippen molar-refractivity contribution in [1.82, 2.24) is 0 Å². The van der Waals surface area contributed by atoms with E-state index in [0.29, 0.717) is 5.75 Å². The predicted octanol–water partition coefficient (Wildman–Crippen LogP) is 1.45. The highest BCUT2D eigenvalue weighted by molar-refractivity contribution is 7.27. The van der Waals surface area contributed by atoms with Gasteiger partial charge in [0, 0.05) is 5.56 Å². The van der Waals surface area contributed by atoms with Crippen molar-refractivity contribution in [3.63, 3.8) is 0 Å². The summed E-state index contributed by atoms with van der Waals surface area (Å²) in [5.41, 5.74) is 1.02. The van der Waals surface area contributed by atoms with Crippen LogP contribution in [0.2, 0.25) is 0 Å². The van der Waals surface area contributed by atoms with Crippen molar-refractivity contribution in [3.8, 4) is 5.75 Å². The van der Waals surface area contributed by atoms with Crippen molar-refractivity contribution in [1.29, 1.82) is 0 Å². The molecule has 0 saturated heterocycles. The SMILES string of the molecule is CCc1c(O)cccc1P. The van der Waals surface area contributed by atoms with Crippen molar-refractivity contribution in [2.24, 2.45) is 0 Å². The Balaban J connectivity index is 3.17. The molecule has 0 spiro atoms. The minimum atomic E-state index is 0.398. The largest absolute Gasteiger partial charge is 0.508 e. The Morgan fingerprint density at radius 1 is 1.50 bits per heavy atom. The Bertz CT molecular complexity index is 212. The van der Waals surface area contributed by atoms with Crippen LogP contribution >= 0.6 is 9.24 Å². The van der Waals surface area contributed by atoms with Crippen LogP contribution in [0.5, 0.6) is 5.75 Å². The molecular formula is C8H11OP. The molecule has 0 fully saturated rings. The molecular weight excluding hydrogens is 143 g/mol. The van der Waals surface area contributed by atoms with Crippen LogP contribution in [0, 0.1) is 0 Å². The van der Waals surface area contributed by atoms with E-state index in [9.17, 15) is 5.11 Å². The summed E-state index contributed by atoms with van der Waals surface area (Å²) in [4.78, 5) is 0. The van der Waals surface area contributed by atoms with Crippen LogP contribution in [0.1, 0.15) is 12.5 Å². The first kappa shape index (κ1) is 7.56. The number of benzene rings is 1. The number of aromatic hydroxyl groups is 1. The van der Waals surface area contributed by atoms with E-state index >= 15 is 0 Å². The fraction of sp³-hybridized carbons (Fsp3) is 0.250. The lowest BCUT2D eigenvalue weighted by Crippen LogP contribution is -1.98. The van der Waals surface area contributed by atoms with E-state index in [1.807, 2.05) is 19.1 Å². The lowest BCUT2D eigenvalue weighted by molar-refractivity contribution is 0.469. The Morgan fingerprint density at radius 3 is 2.60 bits per heavy atom. The molecule has 0 aliphatic carbocycles. The molecule has 0 aromatic heterocycles. The molecule has 1 atom stereocenters.